The fourth-order valence-corrected chi connectivity index (χ4v) is 5.59. The van der Waals surface area contributed by atoms with Crippen LogP contribution in [0.4, 0.5) is 18.9 Å². The van der Waals surface area contributed by atoms with Gasteiger partial charge in [-0.3, -0.25) is 0 Å². The van der Waals surface area contributed by atoms with Crippen molar-refractivity contribution in [2.75, 3.05) is 5.32 Å². The molecule has 0 aromatic heterocycles. The Morgan fingerprint density at radius 2 is 1.22 bits per heavy atom. The molecule has 2 nitrogen and oxygen atoms in total. The Hall–Kier alpha value is -2.43. The molecular formula is C20H15F3NOPS. The molecule has 3 aromatic carbocycles. The van der Waals surface area contributed by atoms with E-state index in [4.69, 9.17) is 12.2 Å². The van der Waals surface area contributed by atoms with Crippen LogP contribution in [0.25, 0.3) is 0 Å². The van der Waals surface area contributed by atoms with Gasteiger partial charge in [0.05, 0.1) is 5.56 Å². The van der Waals surface area contributed by atoms with Crippen LogP contribution in [0, 0.1) is 0 Å². The molecule has 0 bridgehead atoms. The van der Waals surface area contributed by atoms with Crippen molar-refractivity contribution in [2.24, 2.45) is 0 Å². The van der Waals surface area contributed by atoms with E-state index in [0.717, 1.165) is 12.1 Å². The minimum absolute atomic E-state index is 0.0691. The highest BCUT2D eigenvalue weighted by atomic mass is 32.1. The number of hydrogen-bond donors (Lipinski definition) is 1. The monoisotopic (exact) mass is 405 g/mol. The van der Waals surface area contributed by atoms with Gasteiger partial charge in [0.15, 0.2) is 7.14 Å². The molecule has 0 saturated carbocycles. The molecule has 138 valence electrons. The predicted octanol–water partition coefficient (Wildman–Crippen LogP) is 5.42. The Morgan fingerprint density at radius 1 is 0.778 bits per heavy atom. The van der Waals surface area contributed by atoms with Crippen molar-refractivity contribution in [2.45, 2.75) is 6.18 Å². The SMILES string of the molecule is O=P(C(=S)Nc1ccc(C(F)(F)F)cc1)(c1ccccc1)c1ccccc1. The van der Waals surface area contributed by atoms with Crippen molar-refractivity contribution in [1.82, 2.24) is 0 Å². The van der Waals surface area contributed by atoms with E-state index in [-0.39, 0.29) is 4.73 Å². The van der Waals surface area contributed by atoms with E-state index in [2.05, 4.69) is 5.32 Å². The lowest BCUT2D eigenvalue weighted by Crippen LogP contribution is -2.25. The molecule has 0 aliphatic rings. The number of anilines is 1. The summed E-state index contributed by atoms with van der Waals surface area (Å²) in [5.41, 5.74) is -0.409. The van der Waals surface area contributed by atoms with Crippen LogP contribution in [0.1, 0.15) is 5.56 Å². The molecule has 3 rings (SSSR count). The van der Waals surface area contributed by atoms with Crippen LogP contribution in [0.2, 0.25) is 0 Å². The van der Waals surface area contributed by atoms with Crippen molar-refractivity contribution in [3.63, 3.8) is 0 Å². The number of halogens is 3. The second kappa shape index (κ2) is 7.67. The molecule has 0 spiro atoms. The molecule has 0 aliphatic carbocycles. The summed E-state index contributed by atoms with van der Waals surface area (Å²) < 4.78 is 52.2. The first kappa shape index (κ1) is 19.3. The van der Waals surface area contributed by atoms with E-state index in [1.807, 2.05) is 12.1 Å². The van der Waals surface area contributed by atoms with Gasteiger partial charge in [-0.05, 0) is 24.3 Å². The van der Waals surface area contributed by atoms with E-state index >= 15 is 0 Å². The summed E-state index contributed by atoms with van der Waals surface area (Å²) in [6.45, 7) is 0. The normalized spacial score (nSPS) is 11.8. The van der Waals surface area contributed by atoms with Gasteiger partial charge in [0.1, 0.15) is 4.73 Å². The van der Waals surface area contributed by atoms with Gasteiger partial charge in [0.2, 0.25) is 0 Å². The van der Waals surface area contributed by atoms with E-state index in [1.54, 1.807) is 48.5 Å². The molecule has 0 heterocycles. The van der Waals surface area contributed by atoms with E-state index < -0.39 is 18.9 Å². The van der Waals surface area contributed by atoms with E-state index in [9.17, 15) is 17.7 Å². The van der Waals surface area contributed by atoms with Crippen molar-refractivity contribution in [3.05, 3.63) is 90.5 Å². The second-order valence-electron chi connectivity index (χ2n) is 5.79. The van der Waals surface area contributed by atoms with Gasteiger partial charge in [0, 0.05) is 16.3 Å². The molecular weight excluding hydrogens is 390 g/mol. The summed E-state index contributed by atoms with van der Waals surface area (Å²) in [4.78, 5) is 0. The fourth-order valence-electron chi connectivity index (χ4n) is 2.60. The molecule has 0 saturated heterocycles. The van der Waals surface area contributed by atoms with Crippen LogP contribution < -0.4 is 15.9 Å². The zero-order valence-corrected chi connectivity index (χ0v) is 15.7. The zero-order valence-electron chi connectivity index (χ0n) is 14.0. The first-order valence-electron chi connectivity index (χ1n) is 8.02. The fraction of sp³-hybridized carbons (Fsp3) is 0.0500. The minimum Gasteiger partial charge on any atom is -0.343 e. The van der Waals surface area contributed by atoms with Crippen LogP contribution in [-0.4, -0.2) is 4.73 Å². The van der Waals surface area contributed by atoms with Crippen LogP contribution in [0.5, 0.6) is 0 Å². The predicted molar refractivity (Wildman–Crippen MR) is 107 cm³/mol. The highest BCUT2D eigenvalue weighted by Crippen LogP contribution is 2.45. The average Bonchev–Trinajstić information content (AvgIpc) is 2.68. The molecule has 0 amide bonds. The Kier molecular flexibility index (Phi) is 5.49. The van der Waals surface area contributed by atoms with Gasteiger partial charge in [-0.1, -0.05) is 72.9 Å². The van der Waals surface area contributed by atoms with Gasteiger partial charge >= 0.3 is 6.18 Å². The van der Waals surface area contributed by atoms with E-state index in [1.165, 1.54) is 12.1 Å². The van der Waals surface area contributed by atoms with Crippen molar-refractivity contribution >= 4 is 40.4 Å². The lowest BCUT2D eigenvalue weighted by Gasteiger charge is -2.21. The molecule has 0 radical (unpaired) electrons. The molecule has 0 atom stereocenters. The number of thiocarbonyl (C=S) groups is 1. The second-order valence-corrected chi connectivity index (χ2v) is 9.19. The van der Waals surface area contributed by atoms with Gasteiger partial charge in [-0.15, -0.1) is 0 Å². The number of hydrogen-bond acceptors (Lipinski definition) is 2. The summed E-state index contributed by atoms with van der Waals surface area (Å²) in [5, 5.41) is 3.97. The third-order valence-corrected chi connectivity index (χ3v) is 7.60. The number of nitrogens with one attached hydrogen (secondary N) is 1. The maximum atomic E-state index is 14.0. The number of alkyl halides is 3. The van der Waals surface area contributed by atoms with Gasteiger partial charge in [0.25, 0.3) is 0 Å². The van der Waals surface area contributed by atoms with E-state index in [0.29, 0.717) is 16.3 Å². The third-order valence-electron chi connectivity index (χ3n) is 3.99. The van der Waals surface area contributed by atoms with Gasteiger partial charge in [-0.2, -0.15) is 13.2 Å². The highest BCUT2D eigenvalue weighted by molar-refractivity contribution is 8.08. The van der Waals surface area contributed by atoms with Crippen LogP contribution in [-0.2, 0) is 10.7 Å². The Bertz CT molecular complexity index is 930. The molecule has 3 aromatic rings. The standard InChI is InChI=1S/C20H15F3NOPS/c21-20(22,23)15-11-13-16(14-12-15)24-19(27)26(25,17-7-3-1-4-8-17)18-9-5-2-6-10-18/h1-14H,(H,24,27). The summed E-state index contributed by atoms with van der Waals surface area (Å²) in [7, 11) is -3.33. The van der Waals surface area contributed by atoms with Crippen molar-refractivity contribution < 1.29 is 17.7 Å². The first-order valence-corrected chi connectivity index (χ1v) is 10.1. The summed E-state index contributed by atoms with van der Waals surface area (Å²) in [6, 6.07) is 22.1. The summed E-state index contributed by atoms with van der Waals surface area (Å²) in [6.07, 6.45) is -4.41. The third kappa shape index (κ3) is 4.12. The molecule has 1 N–H and O–H groups in total. The molecule has 27 heavy (non-hydrogen) atoms. The maximum absolute atomic E-state index is 14.0. The van der Waals surface area contributed by atoms with Crippen LogP contribution in [0.15, 0.2) is 84.9 Å². The molecule has 7 heteroatoms. The van der Waals surface area contributed by atoms with Gasteiger partial charge < -0.3 is 9.88 Å². The minimum atomic E-state index is -4.41. The largest absolute Gasteiger partial charge is 0.416 e. The van der Waals surface area contributed by atoms with Crippen LogP contribution in [0.3, 0.4) is 0 Å². The number of benzene rings is 3. The quantitative estimate of drug-likeness (QED) is 0.465. The Morgan fingerprint density at radius 3 is 1.63 bits per heavy atom. The first-order chi connectivity index (χ1) is 12.8. The molecule has 0 fully saturated rings. The Balaban J connectivity index is 1.96. The molecule has 0 aliphatic heterocycles. The lowest BCUT2D eigenvalue weighted by atomic mass is 10.2. The lowest BCUT2D eigenvalue weighted by molar-refractivity contribution is -0.137. The number of rotatable bonds is 4. The highest BCUT2D eigenvalue weighted by Gasteiger charge is 2.33. The van der Waals surface area contributed by atoms with Crippen molar-refractivity contribution in [1.29, 1.82) is 0 Å². The van der Waals surface area contributed by atoms with Crippen molar-refractivity contribution in [3.8, 4) is 0 Å². The average molecular weight is 405 g/mol. The van der Waals surface area contributed by atoms with Crippen LogP contribution >= 0.6 is 19.4 Å². The summed E-state index contributed by atoms with van der Waals surface area (Å²) in [5.74, 6) is 0. The smallest absolute Gasteiger partial charge is 0.343 e. The Labute approximate surface area is 160 Å². The van der Waals surface area contributed by atoms with Gasteiger partial charge in [-0.25, -0.2) is 0 Å². The summed E-state index contributed by atoms with van der Waals surface area (Å²) >= 11 is 5.44. The molecule has 0 unspecified atom stereocenters. The topological polar surface area (TPSA) is 29.1 Å². The zero-order chi connectivity index (χ0) is 19.5. The maximum Gasteiger partial charge on any atom is 0.416 e.